The molecule has 3 nitrogen and oxygen atoms in total. The first-order valence-electron chi connectivity index (χ1n) is 6.95. The molecule has 2 atom stereocenters. The molecule has 1 fully saturated rings. The van der Waals surface area contributed by atoms with Gasteiger partial charge in [0, 0.05) is 16.1 Å². The predicted molar refractivity (Wildman–Crippen MR) is 82.0 cm³/mol. The Morgan fingerprint density at radius 2 is 2.26 bits per heavy atom. The van der Waals surface area contributed by atoms with Crippen molar-refractivity contribution in [2.75, 3.05) is 11.9 Å². The highest BCUT2D eigenvalue weighted by atomic mass is 79.9. The molecule has 2 rings (SSSR count). The van der Waals surface area contributed by atoms with Gasteiger partial charge in [-0.2, -0.15) is 0 Å². The van der Waals surface area contributed by atoms with Crippen molar-refractivity contribution in [2.24, 2.45) is 17.6 Å². The summed E-state index contributed by atoms with van der Waals surface area (Å²) >= 11 is 3.46. The number of rotatable bonds is 4. The highest BCUT2D eigenvalue weighted by Crippen LogP contribution is 2.32. The molecule has 0 unspecified atom stereocenters. The van der Waals surface area contributed by atoms with E-state index in [-0.39, 0.29) is 11.8 Å². The lowest BCUT2D eigenvalue weighted by atomic mass is 9.95. The highest BCUT2D eigenvalue weighted by molar-refractivity contribution is 9.10. The number of nitrogens with one attached hydrogen (secondary N) is 1. The smallest absolute Gasteiger partial charge is 0.227 e. The van der Waals surface area contributed by atoms with Crippen molar-refractivity contribution in [3.8, 4) is 0 Å². The molecule has 1 amide bonds. The van der Waals surface area contributed by atoms with E-state index in [0.717, 1.165) is 41.4 Å². The van der Waals surface area contributed by atoms with Crippen molar-refractivity contribution in [3.05, 3.63) is 28.2 Å². The SMILES string of the molecule is CCc1cc(Br)ccc1NC(=O)[C@@H]1CCC[C@@H]1CN. The third-order valence-corrected chi connectivity index (χ3v) is 4.50. The lowest BCUT2D eigenvalue weighted by Crippen LogP contribution is -2.30. The van der Waals surface area contributed by atoms with Crippen LogP contribution in [0, 0.1) is 11.8 Å². The normalized spacial score (nSPS) is 22.5. The third kappa shape index (κ3) is 3.37. The molecule has 1 saturated carbocycles. The maximum Gasteiger partial charge on any atom is 0.227 e. The van der Waals surface area contributed by atoms with E-state index in [4.69, 9.17) is 5.73 Å². The predicted octanol–water partition coefficient (Wildman–Crippen LogP) is 3.33. The minimum absolute atomic E-state index is 0.0818. The lowest BCUT2D eigenvalue weighted by Gasteiger charge is -2.18. The van der Waals surface area contributed by atoms with Crippen LogP contribution in [0.15, 0.2) is 22.7 Å². The van der Waals surface area contributed by atoms with Gasteiger partial charge in [0.2, 0.25) is 5.91 Å². The molecule has 0 bridgehead atoms. The molecule has 0 aliphatic heterocycles. The molecule has 0 heterocycles. The van der Waals surface area contributed by atoms with Crippen LogP contribution in [-0.4, -0.2) is 12.5 Å². The Bertz CT molecular complexity index is 461. The van der Waals surface area contributed by atoms with Gasteiger partial charge in [0.25, 0.3) is 0 Å². The standard InChI is InChI=1S/C15H21BrN2O/c1-2-10-8-12(16)6-7-14(10)18-15(19)13-5-3-4-11(13)9-17/h6-8,11,13H,2-5,9,17H2,1H3,(H,18,19)/t11-,13-/m1/s1. The number of benzene rings is 1. The van der Waals surface area contributed by atoms with Gasteiger partial charge in [-0.05, 0) is 55.5 Å². The Labute approximate surface area is 123 Å². The number of carbonyl (C=O) groups excluding carboxylic acids is 1. The summed E-state index contributed by atoms with van der Waals surface area (Å²) in [6.45, 7) is 2.70. The second-order valence-corrected chi connectivity index (χ2v) is 6.09. The first-order chi connectivity index (χ1) is 9.15. The molecule has 19 heavy (non-hydrogen) atoms. The summed E-state index contributed by atoms with van der Waals surface area (Å²) < 4.78 is 1.04. The van der Waals surface area contributed by atoms with Gasteiger partial charge in [-0.1, -0.05) is 29.3 Å². The van der Waals surface area contributed by atoms with E-state index in [0.29, 0.717) is 12.5 Å². The fourth-order valence-electron chi connectivity index (χ4n) is 2.87. The molecular weight excluding hydrogens is 304 g/mol. The van der Waals surface area contributed by atoms with Crippen molar-refractivity contribution in [1.29, 1.82) is 0 Å². The monoisotopic (exact) mass is 324 g/mol. The van der Waals surface area contributed by atoms with Crippen molar-refractivity contribution in [3.63, 3.8) is 0 Å². The Kier molecular flexibility index (Phi) is 4.99. The first kappa shape index (κ1) is 14.5. The number of carbonyl (C=O) groups is 1. The number of anilines is 1. The van der Waals surface area contributed by atoms with Crippen LogP contribution in [-0.2, 0) is 11.2 Å². The Balaban J connectivity index is 2.10. The molecule has 1 aromatic carbocycles. The summed E-state index contributed by atoms with van der Waals surface area (Å²) in [4.78, 5) is 12.4. The molecular formula is C15H21BrN2O. The van der Waals surface area contributed by atoms with Crippen molar-refractivity contribution in [2.45, 2.75) is 32.6 Å². The number of aryl methyl sites for hydroxylation is 1. The average molecular weight is 325 g/mol. The van der Waals surface area contributed by atoms with Crippen LogP contribution >= 0.6 is 15.9 Å². The van der Waals surface area contributed by atoms with Crippen molar-refractivity contribution < 1.29 is 4.79 Å². The quantitative estimate of drug-likeness (QED) is 0.892. The molecule has 0 saturated heterocycles. The van der Waals surface area contributed by atoms with Crippen LogP contribution in [0.5, 0.6) is 0 Å². The molecule has 1 aliphatic rings. The van der Waals surface area contributed by atoms with Crippen LogP contribution in [0.2, 0.25) is 0 Å². The van der Waals surface area contributed by atoms with Gasteiger partial charge >= 0.3 is 0 Å². The summed E-state index contributed by atoms with van der Waals surface area (Å²) in [5.74, 6) is 0.559. The number of nitrogens with two attached hydrogens (primary N) is 1. The van der Waals surface area contributed by atoms with E-state index in [9.17, 15) is 4.79 Å². The van der Waals surface area contributed by atoms with E-state index in [1.807, 2.05) is 12.1 Å². The minimum Gasteiger partial charge on any atom is -0.330 e. The first-order valence-corrected chi connectivity index (χ1v) is 7.74. The zero-order chi connectivity index (χ0) is 13.8. The molecule has 0 spiro atoms. The van der Waals surface area contributed by atoms with Gasteiger partial charge in [0.1, 0.15) is 0 Å². The average Bonchev–Trinajstić information content (AvgIpc) is 2.89. The largest absolute Gasteiger partial charge is 0.330 e. The zero-order valence-corrected chi connectivity index (χ0v) is 12.9. The van der Waals surface area contributed by atoms with Gasteiger partial charge in [0.05, 0.1) is 0 Å². The Hall–Kier alpha value is -0.870. The third-order valence-electron chi connectivity index (χ3n) is 4.00. The number of amides is 1. The topological polar surface area (TPSA) is 55.1 Å². The number of hydrogen-bond donors (Lipinski definition) is 2. The molecule has 0 radical (unpaired) electrons. The van der Waals surface area contributed by atoms with Gasteiger partial charge in [-0.15, -0.1) is 0 Å². The Morgan fingerprint density at radius 3 is 2.95 bits per heavy atom. The summed E-state index contributed by atoms with van der Waals surface area (Å²) in [5.41, 5.74) is 7.83. The second-order valence-electron chi connectivity index (χ2n) is 5.18. The van der Waals surface area contributed by atoms with Crippen molar-refractivity contribution in [1.82, 2.24) is 0 Å². The van der Waals surface area contributed by atoms with E-state index in [1.165, 1.54) is 0 Å². The van der Waals surface area contributed by atoms with E-state index < -0.39 is 0 Å². The zero-order valence-electron chi connectivity index (χ0n) is 11.3. The molecule has 1 aromatic rings. The second kappa shape index (κ2) is 6.53. The molecule has 3 N–H and O–H groups in total. The minimum atomic E-state index is 0.0818. The fraction of sp³-hybridized carbons (Fsp3) is 0.533. The van der Waals surface area contributed by atoms with Crippen LogP contribution in [0.25, 0.3) is 0 Å². The molecule has 4 heteroatoms. The molecule has 1 aliphatic carbocycles. The maximum absolute atomic E-state index is 12.4. The van der Waals surface area contributed by atoms with Gasteiger partial charge < -0.3 is 11.1 Å². The van der Waals surface area contributed by atoms with Crippen molar-refractivity contribution >= 4 is 27.5 Å². The summed E-state index contributed by atoms with van der Waals surface area (Å²) in [6.07, 6.45) is 4.06. The summed E-state index contributed by atoms with van der Waals surface area (Å²) in [6, 6.07) is 5.99. The number of hydrogen-bond acceptors (Lipinski definition) is 2. The summed E-state index contributed by atoms with van der Waals surface area (Å²) in [5, 5.41) is 3.08. The molecule has 104 valence electrons. The lowest BCUT2D eigenvalue weighted by molar-refractivity contribution is -0.120. The fourth-order valence-corrected chi connectivity index (χ4v) is 3.27. The molecule has 0 aromatic heterocycles. The Morgan fingerprint density at radius 1 is 1.47 bits per heavy atom. The van der Waals surface area contributed by atoms with E-state index in [2.05, 4.69) is 34.2 Å². The van der Waals surface area contributed by atoms with Crippen LogP contribution in [0.1, 0.15) is 31.7 Å². The van der Waals surface area contributed by atoms with Crippen LogP contribution in [0.4, 0.5) is 5.69 Å². The van der Waals surface area contributed by atoms with Gasteiger partial charge in [-0.3, -0.25) is 4.79 Å². The van der Waals surface area contributed by atoms with E-state index in [1.54, 1.807) is 0 Å². The summed E-state index contributed by atoms with van der Waals surface area (Å²) in [7, 11) is 0. The van der Waals surface area contributed by atoms with Gasteiger partial charge in [-0.25, -0.2) is 0 Å². The van der Waals surface area contributed by atoms with E-state index >= 15 is 0 Å². The van der Waals surface area contributed by atoms with Crippen LogP contribution in [0.3, 0.4) is 0 Å². The maximum atomic E-state index is 12.4. The van der Waals surface area contributed by atoms with Crippen LogP contribution < -0.4 is 11.1 Å². The van der Waals surface area contributed by atoms with Gasteiger partial charge in [0.15, 0.2) is 0 Å². The highest BCUT2D eigenvalue weighted by Gasteiger charge is 2.32. The number of halogens is 1.